The van der Waals surface area contributed by atoms with Crippen LogP contribution >= 0.6 is 0 Å². The monoisotopic (exact) mass is 157 g/mol. The first-order valence-electron chi connectivity index (χ1n) is 3.63. The van der Waals surface area contributed by atoms with Crippen LogP contribution in [0, 0.1) is 0 Å². The molecule has 2 unspecified atom stereocenters. The van der Waals surface area contributed by atoms with Gasteiger partial charge in [0.1, 0.15) is 0 Å². The number of rotatable bonds is 2. The van der Waals surface area contributed by atoms with E-state index in [0.29, 0.717) is 6.61 Å². The van der Waals surface area contributed by atoms with Crippen LogP contribution in [0.25, 0.3) is 10.4 Å². The van der Waals surface area contributed by atoms with Crippen molar-refractivity contribution in [1.29, 1.82) is 0 Å². The summed E-state index contributed by atoms with van der Waals surface area (Å²) in [4.78, 5) is 2.69. The fourth-order valence-electron chi connectivity index (χ4n) is 1.10. The minimum absolute atomic E-state index is 0.0391. The summed E-state index contributed by atoms with van der Waals surface area (Å²) in [7, 11) is 0. The standard InChI is InChI=1S/C6H11N3O2/c7-9-8-5-1-2-6(3-10)11-4-5/h5-6,10H,1-4H2. The molecule has 1 fully saturated rings. The van der Waals surface area contributed by atoms with Gasteiger partial charge in [-0.25, -0.2) is 0 Å². The predicted octanol–water partition coefficient (Wildman–Crippen LogP) is 0.837. The molecule has 1 rings (SSSR count). The Kier molecular flexibility index (Phi) is 3.16. The van der Waals surface area contributed by atoms with E-state index in [9.17, 15) is 0 Å². The van der Waals surface area contributed by atoms with Gasteiger partial charge in [0.05, 0.1) is 25.4 Å². The lowest BCUT2D eigenvalue weighted by molar-refractivity contribution is -0.0253. The lowest BCUT2D eigenvalue weighted by atomic mass is 10.1. The van der Waals surface area contributed by atoms with E-state index in [1.54, 1.807) is 0 Å². The Morgan fingerprint density at radius 1 is 1.64 bits per heavy atom. The average Bonchev–Trinajstić information content (AvgIpc) is 2.07. The molecule has 5 nitrogen and oxygen atoms in total. The molecule has 5 heteroatoms. The normalized spacial score (nSPS) is 31.0. The first-order valence-corrected chi connectivity index (χ1v) is 3.63. The third kappa shape index (κ3) is 2.38. The first-order chi connectivity index (χ1) is 5.36. The van der Waals surface area contributed by atoms with Gasteiger partial charge in [-0.15, -0.1) is 0 Å². The average molecular weight is 157 g/mol. The minimum atomic E-state index is -0.0554. The van der Waals surface area contributed by atoms with Crippen LogP contribution < -0.4 is 0 Å². The van der Waals surface area contributed by atoms with E-state index in [-0.39, 0.29) is 18.8 Å². The molecule has 0 bridgehead atoms. The molecule has 0 spiro atoms. The van der Waals surface area contributed by atoms with E-state index in [1.807, 2.05) is 0 Å². The molecule has 62 valence electrons. The highest BCUT2D eigenvalue weighted by Gasteiger charge is 2.19. The zero-order valence-electron chi connectivity index (χ0n) is 6.18. The van der Waals surface area contributed by atoms with Crippen molar-refractivity contribution in [2.75, 3.05) is 13.2 Å². The Balaban J connectivity index is 2.29. The van der Waals surface area contributed by atoms with Crippen LogP contribution in [0.15, 0.2) is 5.11 Å². The highest BCUT2D eigenvalue weighted by Crippen LogP contribution is 2.15. The maximum absolute atomic E-state index is 8.68. The molecule has 0 aromatic heterocycles. The lowest BCUT2D eigenvalue weighted by Crippen LogP contribution is -2.30. The zero-order chi connectivity index (χ0) is 8.10. The Bertz CT molecular complexity index is 159. The molecule has 0 aromatic carbocycles. The first kappa shape index (κ1) is 8.33. The summed E-state index contributed by atoms with van der Waals surface area (Å²) in [5.74, 6) is 0. The van der Waals surface area contributed by atoms with Crippen molar-refractivity contribution >= 4 is 0 Å². The van der Waals surface area contributed by atoms with Crippen molar-refractivity contribution < 1.29 is 9.84 Å². The summed E-state index contributed by atoms with van der Waals surface area (Å²) in [5, 5.41) is 12.2. The van der Waals surface area contributed by atoms with Gasteiger partial charge in [-0.2, -0.15) is 0 Å². The molecule has 0 amide bonds. The Morgan fingerprint density at radius 2 is 2.45 bits per heavy atom. The van der Waals surface area contributed by atoms with E-state index in [0.717, 1.165) is 12.8 Å². The highest BCUT2D eigenvalue weighted by molar-refractivity contribution is 4.74. The molecule has 0 aliphatic carbocycles. The van der Waals surface area contributed by atoms with E-state index >= 15 is 0 Å². The molecular weight excluding hydrogens is 146 g/mol. The third-order valence-corrected chi connectivity index (χ3v) is 1.76. The topological polar surface area (TPSA) is 78.2 Å². The predicted molar refractivity (Wildman–Crippen MR) is 39.0 cm³/mol. The van der Waals surface area contributed by atoms with Gasteiger partial charge in [0.2, 0.25) is 0 Å². The van der Waals surface area contributed by atoms with Crippen LogP contribution in [0.3, 0.4) is 0 Å². The molecule has 1 heterocycles. The lowest BCUT2D eigenvalue weighted by Gasteiger charge is -2.24. The second-order valence-electron chi connectivity index (χ2n) is 2.57. The van der Waals surface area contributed by atoms with Gasteiger partial charge in [0.15, 0.2) is 0 Å². The number of hydrogen-bond donors (Lipinski definition) is 1. The fourth-order valence-corrected chi connectivity index (χ4v) is 1.10. The van der Waals surface area contributed by atoms with Gasteiger partial charge in [0, 0.05) is 4.91 Å². The number of nitrogens with zero attached hydrogens (tertiary/aromatic N) is 3. The van der Waals surface area contributed by atoms with Crippen molar-refractivity contribution in [1.82, 2.24) is 0 Å². The molecule has 0 radical (unpaired) electrons. The van der Waals surface area contributed by atoms with Crippen LogP contribution in [0.2, 0.25) is 0 Å². The van der Waals surface area contributed by atoms with E-state index in [4.69, 9.17) is 15.4 Å². The smallest absolute Gasteiger partial charge is 0.0806 e. The van der Waals surface area contributed by atoms with Gasteiger partial charge < -0.3 is 9.84 Å². The Morgan fingerprint density at radius 3 is 2.91 bits per heavy atom. The maximum atomic E-state index is 8.68. The summed E-state index contributed by atoms with van der Waals surface area (Å²) in [6, 6.07) is -0.0391. The fraction of sp³-hybridized carbons (Fsp3) is 1.00. The van der Waals surface area contributed by atoms with Gasteiger partial charge in [0.25, 0.3) is 0 Å². The number of aliphatic hydroxyl groups is 1. The number of ether oxygens (including phenoxy) is 1. The summed E-state index contributed by atoms with van der Waals surface area (Å²) < 4.78 is 5.18. The Labute approximate surface area is 64.6 Å². The quantitative estimate of drug-likeness (QED) is 0.366. The summed E-state index contributed by atoms with van der Waals surface area (Å²) in [6.07, 6.45) is 1.54. The number of hydrogen-bond acceptors (Lipinski definition) is 3. The zero-order valence-corrected chi connectivity index (χ0v) is 6.18. The maximum Gasteiger partial charge on any atom is 0.0806 e. The van der Waals surface area contributed by atoms with E-state index in [2.05, 4.69) is 10.0 Å². The van der Waals surface area contributed by atoms with Gasteiger partial charge in [-0.05, 0) is 18.4 Å². The molecule has 2 atom stereocenters. The van der Waals surface area contributed by atoms with Crippen molar-refractivity contribution in [2.45, 2.75) is 25.0 Å². The molecular formula is C6H11N3O2. The van der Waals surface area contributed by atoms with Crippen molar-refractivity contribution in [3.05, 3.63) is 10.4 Å². The van der Waals surface area contributed by atoms with Gasteiger partial charge >= 0.3 is 0 Å². The van der Waals surface area contributed by atoms with Crippen LogP contribution in [0.4, 0.5) is 0 Å². The van der Waals surface area contributed by atoms with E-state index in [1.165, 1.54) is 0 Å². The SMILES string of the molecule is [N-]=[N+]=NC1CCC(CO)OC1. The van der Waals surface area contributed by atoms with Crippen LogP contribution in [-0.4, -0.2) is 30.5 Å². The van der Waals surface area contributed by atoms with Gasteiger partial charge in [-0.3, -0.25) is 0 Å². The van der Waals surface area contributed by atoms with Crippen LogP contribution in [-0.2, 0) is 4.74 Å². The molecule has 0 aromatic rings. The highest BCUT2D eigenvalue weighted by atomic mass is 16.5. The third-order valence-electron chi connectivity index (χ3n) is 1.76. The largest absolute Gasteiger partial charge is 0.394 e. The molecule has 1 saturated heterocycles. The van der Waals surface area contributed by atoms with E-state index < -0.39 is 0 Å². The van der Waals surface area contributed by atoms with Crippen molar-refractivity contribution in [3.8, 4) is 0 Å². The molecule has 0 saturated carbocycles. The number of azide groups is 1. The summed E-state index contributed by atoms with van der Waals surface area (Å²) in [6.45, 7) is 0.498. The van der Waals surface area contributed by atoms with Crippen LogP contribution in [0.1, 0.15) is 12.8 Å². The van der Waals surface area contributed by atoms with Gasteiger partial charge in [-0.1, -0.05) is 5.11 Å². The molecule has 1 aliphatic heterocycles. The Hall–Kier alpha value is -0.770. The van der Waals surface area contributed by atoms with Crippen molar-refractivity contribution in [3.63, 3.8) is 0 Å². The second-order valence-corrected chi connectivity index (χ2v) is 2.57. The van der Waals surface area contributed by atoms with Crippen molar-refractivity contribution in [2.24, 2.45) is 5.11 Å². The summed E-state index contributed by atoms with van der Waals surface area (Å²) >= 11 is 0. The molecule has 11 heavy (non-hydrogen) atoms. The minimum Gasteiger partial charge on any atom is -0.394 e. The number of aliphatic hydroxyl groups excluding tert-OH is 1. The molecule has 1 N–H and O–H groups in total. The second kappa shape index (κ2) is 4.18. The molecule has 1 aliphatic rings. The van der Waals surface area contributed by atoms with Crippen LogP contribution in [0.5, 0.6) is 0 Å². The summed E-state index contributed by atoms with van der Waals surface area (Å²) in [5.41, 5.74) is 8.09.